The second kappa shape index (κ2) is 11.1. The molecular formula is C56H45BN2. The molecule has 7 aromatic carbocycles. The Labute approximate surface area is 347 Å². The van der Waals surface area contributed by atoms with Crippen LogP contribution in [0.2, 0.25) is 0 Å². The molecule has 4 fully saturated rings. The van der Waals surface area contributed by atoms with Gasteiger partial charge in [0.2, 0.25) is 0 Å². The highest BCUT2D eigenvalue weighted by molar-refractivity contribution is 7.00. The van der Waals surface area contributed by atoms with Crippen molar-refractivity contribution in [3.8, 4) is 22.3 Å². The molecular weight excluding hydrogens is 711 g/mol. The summed E-state index contributed by atoms with van der Waals surface area (Å²) in [6, 6.07) is 59.6. The first-order valence-electron chi connectivity index (χ1n) is 22.6. The second-order valence-corrected chi connectivity index (χ2v) is 19.6. The van der Waals surface area contributed by atoms with E-state index in [9.17, 15) is 0 Å². The first kappa shape index (κ1) is 32.1. The van der Waals surface area contributed by atoms with Crippen molar-refractivity contribution in [1.82, 2.24) is 0 Å². The molecule has 2 heterocycles. The molecule has 59 heavy (non-hydrogen) atoms. The number of benzene rings is 7. The van der Waals surface area contributed by atoms with Gasteiger partial charge in [0, 0.05) is 45.0 Å². The molecule has 4 bridgehead atoms. The lowest BCUT2D eigenvalue weighted by atomic mass is 9.33. The summed E-state index contributed by atoms with van der Waals surface area (Å²) in [6.45, 7) is 0.0919. The lowest BCUT2D eigenvalue weighted by Crippen LogP contribution is -2.61. The number of anilines is 6. The number of nitrogens with zero attached hydrogens (tertiary/aromatic N) is 2. The SMILES string of the molecule is c1ccc(N2c3cc4c(cc3B3c5cc6c(cc5N(c5ccccc5)c5cccc2c53)[C@]2(C[C@H]3CC[C@@H]2C3)c2ccccc2-6)-c2ccccc2[C@]42C[C@@H]3CCC2C3)cc1. The molecule has 1 unspecified atom stereocenters. The molecule has 282 valence electrons. The second-order valence-electron chi connectivity index (χ2n) is 19.6. The van der Waals surface area contributed by atoms with E-state index in [1.54, 1.807) is 22.3 Å². The molecule has 0 N–H and O–H groups in total. The van der Waals surface area contributed by atoms with Gasteiger partial charge in [-0.25, -0.2) is 0 Å². The van der Waals surface area contributed by atoms with E-state index < -0.39 is 0 Å². The van der Waals surface area contributed by atoms with Crippen LogP contribution in [0, 0.1) is 23.7 Å². The van der Waals surface area contributed by atoms with Crippen molar-refractivity contribution in [2.24, 2.45) is 23.7 Å². The Kier molecular flexibility index (Phi) is 6.02. The van der Waals surface area contributed by atoms with E-state index in [1.807, 2.05) is 0 Å². The smallest absolute Gasteiger partial charge is 0.252 e. The molecule has 8 aliphatic rings. The third kappa shape index (κ3) is 3.80. The van der Waals surface area contributed by atoms with Crippen molar-refractivity contribution in [2.45, 2.75) is 62.2 Å². The maximum Gasteiger partial charge on any atom is 0.252 e. The summed E-state index contributed by atoms with van der Waals surface area (Å²) in [6.07, 6.45) is 10.8. The van der Waals surface area contributed by atoms with Crippen molar-refractivity contribution >= 4 is 57.2 Å². The highest BCUT2D eigenvalue weighted by Gasteiger charge is 2.59. The summed E-state index contributed by atoms with van der Waals surface area (Å²) >= 11 is 0. The van der Waals surface area contributed by atoms with Gasteiger partial charge in [-0.05, 0) is 172 Å². The summed E-state index contributed by atoms with van der Waals surface area (Å²) < 4.78 is 0. The summed E-state index contributed by atoms with van der Waals surface area (Å²) in [5, 5.41) is 0. The van der Waals surface area contributed by atoms with Gasteiger partial charge in [0.25, 0.3) is 6.71 Å². The molecule has 6 atom stereocenters. The van der Waals surface area contributed by atoms with E-state index in [1.165, 1.54) is 124 Å². The van der Waals surface area contributed by atoms with E-state index in [-0.39, 0.29) is 17.5 Å². The zero-order chi connectivity index (χ0) is 38.2. The highest BCUT2D eigenvalue weighted by Crippen LogP contribution is 2.68. The Morgan fingerprint density at radius 3 is 1.31 bits per heavy atom. The number of hydrogen-bond donors (Lipinski definition) is 0. The van der Waals surface area contributed by atoms with Crippen molar-refractivity contribution in [2.75, 3.05) is 9.80 Å². The van der Waals surface area contributed by atoms with Crippen molar-refractivity contribution in [1.29, 1.82) is 0 Å². The third-order valence-corrected chi connectivity index (χ3v) is 17.4. The lowest BCUT2D eigenvalue weighted by molar-refractivity contribution is 0.327. The molecule has 0 aromatic heterocycles. The van der Waals surface area contributed by atoms with Gasteiger partial charge >= 0.3 is 0 Å². The fourth-order valence-corrected chi connectivity index (χ4v) is 15.4. The van der Waals surface area contributed by atoms with E-state index in [4.69, 9.17) is 0 Å². The molecule has 0 amide bonds. The Balaban J connectivity index is 1.05. The van der Waals surface area contributed by atoms with Crippen molar-refractivity contribution in [3.05, 3.63) is 174 Å². The predicted octanol–water partition coefficient (Wildman–Crippen LogP) is 11.9. The molecule has 0 saturated heterocycles. The topological polar surface area (TPSA) is 6.48 Å². The first-order chi connectivity index (χ1) is 29.2. The van der Waals surface area contributed by atoms with E-state index in [2.05, 4.69) is 161 Å². The molecule has 2 nitrogen and oxygen atoms in total. The van der Waals surface area contributed by atoms with E-state index >= 15 is 0 Å². The van der Waals surface area contributed by atoms with Gasteiger partial charge in [-0.2, -0.15) is 0 Å². The van der Waals surface area contributed by atoms with Crippen LogP contribution >= 0.6 is 0 Å². The quantitative estimate of drug-likeness (QED) is 0.162. The molecule has 4 saturated carbocycles. The average Bonchev–Trinajstić information content (AvgIpc) is 4.17. The van der Waals surface area contributed by atoms with Crippen LogP contribution in [0.15, 0.2) is 152 Å². The number of fused-ring (bicyclic) bond motifs is 20. The van der Waals surface area contributed by atoms with Gasteiger partial charge < -0.3 is 9.80 Å². The highest BCUT2D eigenvalue weighted by atomic mass is 15.2. The molecule has 2 aliphatic heterocycles. The van der Waals surface area contributed by atoms with Gasteiger partial charge in [0.15, 0.2) is 0 Å². The fourth-order valence-electron chi connectivity index (χ4n) is 15.4. The Morgan fingerprint density at radius 2 is 0.864 bits per heavy atom. The molecule has 2 spiro atoms. The molecule has 0 radical (unpaired) electrons. The maximum atomic E-state index is 2.71. The Bertz CT molecular complexity index is 2770. The monoisotopic (exact) mass is 756 g/mol. The standard InChI is InChI=1S/C56H45BN2/c1-3-12-38(13-4-1)58-50-20-11-21-51-54(50)57(48-28-42-40-16-7-9-18-44(40)55(46(42)30-52(48)58)32-34-22-24-36(55)26-34)49-29-43-41-17-8-10-19-45(41)56(33-35-23-25-37(56)27-35)47(43)31-53(49)59(51)39-14-5-2-6-15-39/h1-21,28-31,34-37H,22-27,32-33H2/t34-,35+,36+,37?,55-,56+/m0/s1. The van der Waals surface area contributed by atoms with Gasteiger partial charge in [-0.1, -0.05) is 116 Å². The summed E-state index contributed by atoms with van der Waals surface area (Å²) in [7, 11) is 0. The van der Waals surface area contributed by atoms with Crippen LogP contribution in [0.1, 0.15) is 73.6 Å². The van der Waals surface area contributed by atoms with Crippen molar-refractivity contribution < 1.29 is 0 Å². The van der Waals surface area contributed by atoms with Crippen LogP contribution in [0.4, 0.5) is 34.1 Å². The third-order valence-electron chi connectivity index (χ3n) is 17.4. The minimum Gasteiger partial charge on any atom is -0.311 e. The normalized spacial score (nSPS) is 27.5. The van der Waals surface area contributed by atoms with Crippen LogP contribution in [0.5, 0.6) is 0 Å². The van der Waals surface area contributed by atoms with E-state index in [0.29, 0.717) is 0 Å². The molecule has 6 aliphatic carbocycles. The molecule has 3 heteroatoms. The van der Waals surface area contributed by atoms with Gasteiger partial charge in [0.1, 0.15) is 0 Å². The molecule has 7 aromatic rings. The van der Waals surface area contributed by atoms with Crippen molar-refractivity contribution in [3.63, 3.8) is 0 Å². The van der Waals surface area contributed by atoms with Gasteiger partial charge in [-0.3, -0.25) is 0 Å². The Hall–Kier alpha value is -5.80. The first-order valence-corrected chi connectivity index (χ1v) is 22.6. The maximum absolute atomic E-state index is 2.71. The number of rotatable bonds is 2. The average molecular weight is 757 g/mol. The zero-order valence-electron chi connectivity index (χ0n) is 33.4. The largest absolute Gasteiger partial charge is 0.311 e. The van der Waals surface area contributed by atoms with Crippen LogP contribution in [0.25, 0.3) is 22.3 Å². The fraction of sp³-hybridized carbons (Fsp3) is 0.250. The van der Waals surface area contributed by atoms with Gasteiger partial charge in [0.05, 0.1) is 0 Å². The lowest BCUT2D eigenvalue weighted by Gasteiger charge is -2.45. The minimum absolute atomic E-state index is 0.0919. The minimum atomic E-state index is 0.0919. The summed E-state index contributed by atoms with van der Waals surface area (Å²) in [5.41, 5.74) is 24.6. The summed E-state index contributed by atoms with van der Waals surface area (Å²) in [5.74, 6) is 3.11. The predicted molar refractivity (Wildman–Crippen MR) is 244 cm³/mol. The van der Waals surface area contributed by atoms with Crippen LogP contribution in [0.3, 0.4) is 0 Å². The zero-order valence-corrected chi connectivity index (χ0v) is 33.4. The molecule has 15 rings (SSSR count). The van der Waals surface area contributed by atoms with Crippen LogP contribution < -0.4 is 26.2 Å². The van der Waals surface area contributed by atoms with Gasteiger partial charge in [-0.15, -0.1) is 0 Å². The van der Waals surface area contributed by atoms with E-state index in [0.717, 1.165) is 23.7 Å². The number of para-hydroxylation sites is 2. The Morgan fingerprint density at radius 1 is 0.407 bits per heavy atom. The van der Waals surface area contributed by atoms with Crippen LogP contribution in [-0.2, 0) is 10.8 Å². The number of hydrogen-bond acceptors (Lipinski definition) is 2. The summed E-state index contributed by atoms with van der Waals surface area (Å²) in [4.78, 5) is 5.27. The van der Waals surface area contributed by atoms with Crippen LogP contribution in [-0.4, -0.2) is 6.71 Å².